The summed E-state index contributed by atoms with van der Waals surface area (Å²) in [5.41, 5.74) is 5.39. The average Bonchev–Trinajstić information content (AvgIpc) is 2.02. The second-order valence-corrected chi connectivity index (χ2v) is 4.15. The second-order valence-electron chi connectivity index (χ2n) is 4.15. The van der Waals surface area contributed by atoms with Crippen LogP contribution in [-0.4, -0.2) is 44.0 Å². The molecule has 0 aromatic heterocycles. The first-order valence-corrected chi connectivity index (χ1v) is 5.12. The van der Waals surface area contributed by atoms with Crippen molar-refractivity contribution in [1.29, 1.82) is 0 Å². The summed E-state index contributed by atoms with van der Waals surface area (Å²) < 4.78 is 0. The van der Waals surface area contributed by atoms with Crippen LogP contribution in [0, 0.1) is 5.92 Å². The smallest absolute Gasteiger partial charge is 0.223 e. The maximum absolute atomic E-state index is 11.5. The van der Waals surface area contributed by atoms with Gasteiger partial charge in [-0.05, 0) is 34.0 Å². The van der Waals surface area contributed by atoms with E-state index in [1.54, 1.807) is 0 Å². The van der Waals surface area contributed by atoms with Gasteiger partial charge in [-0.3, -0.25) is 4.79 Å². The van der Waals surface area contributed by atoms with Crippen molar-refractivity contribution in [2.75, 3.05) is 27.2 Å². The highest BCUT2D eigenvalue weighted by molar-refractivity contribution is 5.78. The molecule has 0 aliphatic heterocycles. The summed E-state index contributed by atoms with van der Waals surface area (Å²) in [6, 6.07) is 0.192. The fourth-order valence-corrected chi connectivity index (χ4v) is 1.36. The van der Waals surface area contributed by atoms with E-state index in [9.17, 15) is 4.79 Å². The predicted molar refractivity (Wildman–Crippen MR) is 59.0 cm³/mol. The van der Waals surface area contributed by atoms with E-state index in [1.165, 1.54) is 0 Å². The molecule has 0 heterocycles. The van der Waals surface area contributed by atoms with Crippen molar-refractivity contribution in [1.82, 2.24) is 10.2 Å². The van der Waals surface area contributed by atoms with Gasteiger partial charge >= 0.3 is 0 Å². The van der Waals surface area contributed by atoms with Crippen molar-refractivity contribution in [3.63, 3.8) is 0 Å². The van der Waals surface area contributed by atoms with Gasteiger partial charge in [0.1, 0.15) is 0 Å². The zero-order valence-electron chi connectivity index (χ0n) is 9.71. The van der Waals surface area contributed by atoms with Crippen molar-refractivity contribution < 1.29 is 4.79 Å². The Morgan fingerprint density at radius 2 is 2.00 bits per heavy atom. The molecule has 0 saturated carbocycles. The molecular weight excluding hydrogens is 178 g/mol. The lowest BCUT2D eigenvalue weighted by atomic mass is 10.1. The summed E-state index contributed by atoms with van der Waals surface area (Å²) in [5, 5.41) is 2.96. The Hall–Kier alpha value is -0.610. The second kappa shape index (κ2) is 6.79. The normalized spacial score (nSPS) is 15.3. The van der Waals surface area contributed by atoms with Gasteiger partial charge in [-0.15, -0.1) is 0 Å². The minimum absolute atomic E-state index is 0.0182. The molecule has 0 spiro atoms. The van der Waals surface area contributed by atoms with E-state index in [1.807, 2.05) is 27.9 Å². The first-order valence-electron chi connectivity index (χ1n) is 5.12. The van der Waals surface area contributed by atoms with Crippen LogP contribution in [-0.2, 0) is 4.79 Å². The molecule has 3 N–H and O–H groups in total. The molecule has 0 rings (SSSR count). The van der Waals surface area contributed by atoms with Crippen LogP contribution in [0.4, 0.5) is 0 Å². The minimum atomic E-state index is 0.0182. The molecule has 1 amide bonds. The SMILES string of the molecule is CC(CN(C)C)NC(=O)C(C)CCN. The van der Waals surface area contributed by atoms with Crippen LogP contribution in [0.25, 0.3) is 0 Å². The molecule has 4 nitrogen and oxygen atoms in total. The van der Waals surface area contributed by atoms with Gasteiger partial charge in [0.05, 0.1) is 0 Å². The van der Waals surface area contributed by atoms with Gasteiger partial charge in [0.2, 0.25) is 5.91 Å². The largest absolute Gasteiger partial charge is 0.352 e. The molecule has 0 fully saturated rings. The van der Waals surface area contributed by atoms with Crippen LogP contribution in [0.1, 0.15) is 20.3 Å². The molecule has 0 aromatic carbocycles. The van der Waals surface area contributed by atoms with Gasteiger partial charge in [-0.1, -0.05) is 6.92 Å². The van der Waals surface area contributed by atoms with Crippen LogP contribution < -0.4 is 11.1 Å². The number of amides is 1. The Balaban J connectivity index is 3.80. The molecule has 0 aliphatic rings. The van der Waals surface area contributed by atoms with Gasteiger partial charge < -0.3 is 16.0 Å². The lowest BCUT2D eigenvalue weighted by molar-refractivity contribution is -0.125. The van der Waals surface area contributed by atoms with Crippen LogP contribution >= 0.6 is 0 Å². The summed E-state index contributed by atoms with van der Waals surface area (Å²) in [7, 11) is 3.98. The molecule has 0 aliphatic carbocycles. The van der Waals surface area contributed by atoms with Gasteiger partial charge in [-0.2, -0.15) is 0 Å². The number of nitrogens with zero attached hydrogens (tertiary/aromatic N) is 1. The minimum Gasteiger partial charge on any atom is -0.352 e. The number of likely N-dealkylation sites (N-methyl/N-ethyl adjacent to an activating group) is 1. The molecule has 14 heavy (non-hydrogen) atoms. The third-order valence-electron chi connectivity index (χ3n) is 2.07. The molecule has 4 heteroatoms. The van der Waals surface area contributed by atoms with Crippen molar-refractivity contribution in [3.05, 3.63) is 0 Å². The van der Waals surface area contributed by atoms with Crippen molar-refractivity contribution >= 4 is 5.91 Å². The standard InChI is InChI=1S/C10H23N3O/c1-8(5-6-11)10(14)12-9(2)7-13(3)4/h8-9H,5-7,11H2,1-4H3,(H,12,14). The van der Waals surface area contributed by atoms with E-state index in [2.05, 4.69) is 10.2 Å². The fraction of sp³-hybridized carbons (Fsp3) is 0.900. The zero-order chi connectivity index (χ0) is 11.1. The molecule has 0 aromatic rings. The fourth-order valence-electron chi connectivity index (χ4n) is 1.36. The maximum Gasteiger partial charge on any atom is 0.223 e. The Bertz CT molecular complexity index is 171. The van der Waals surface area contributed by atoms with Gasteiger partial charge in [0.15, 0.2) is 0 Å². The first-order chi connectivity index (χ1) is 6.47. The number of carbonyl (C=O) groups excluding carboxylic acids is 1. The summed E-state index contributed by atoms with van der Waals surface area (Å²) >= 11 is 0. The molecular formula is C10H23N3O. The number of nitrogens with two attached hydrogens (primary N) is 1. The van der Waals surface area contributed by atoms with Crippen molar-refractivity contribution in [2.45, 2.75) is 26.3 Å². The maximum atomic E-state index is 11.5. The first kappa shape index (κ1) is 13.4. The van der Waals surface area contributed by atoms with E-state index < -0.39 is 0 Å². The highest BCUT2D eigenvalue weighted by atomic mass is 16.1. The van der Waals surface area contributed by atoms with Gasteiger partial charge in [-0.25, -0.2) is 0 Å². The predicted octanol–water partition coefficient (Wildman–Crippen LogP) is 0.0376. The highest BCUT2D eigenvalue weighted by Crippen LogP contribution is 2.00. The van der Waals surface area contributed by atoms with Crippen LogP contribution in [0.5, 0.6) is 0 Å². The number of hydrogen-bond acceptors (Lipinski definition) is 3. The molecule has 2 unspecified atom stereocenters. The Labute approximate surface area is 86.8 Å². The Morgan fingerprint density at radius 1 is 1.43 bits per heavy atom. The number of nitrogens with one attached hydrogen (secondary N) is 1. The third kappa shape index (κ3) is 5.94. The third-order valence-corrected chi connectivity index (χ3v) is 2.07. The molecule has 0 radical (unpaired) electrons. The molecule has 0 saturated heterocycles. The lowest BCUT2D eigenvalue weighted by Gasteiger charge is -2.20. The van der Waals surface area contributed by atoms with E-state index >= 15 is 0 Å². The zero-order valence-corrected chi connectivity index (χ0v) is 9.71. The highest BCUT2D eigenvalue weighted by Gasteiger charge is 2.14. The Kier molecular flexibility index (Phi) is 6.49. The summed E-state index contributed by atoms with van der Waals surface area (Å²) in [4.78, 5) is 13.6. The number of hydrogen-bond donors (Lipinski definition) is 2. The summed E-state index contributed by atoms with van der Waals surface area (Å²) in [6.07, 6.45) is 0.751. The van der Waals surface area contributed by atoms with E-state index in [0.717, 1.165) is 13.0 Å². The topological polar surface area (TPSA) is 58.4 Å². The Morgan fingerprint density at radius 3 is 2.43 bits per heavy atom. The van der Waals surface area contributed by atoms with Gasteiger partial charge in [0, 0.05) is 18.5 Å². The van der Waals surface area contributed by atoms with Gasteiger partial charge in [0.25, 0.3) is 0 Å². The molecule has 2 atom stereocenters. The summed E-state index contributed by atoms with van der Waals surface area (Å²) in [6.45, 7) is 5.34. The van der Waals surface area contributed by atoms with Crippen molar-refractivity contribution in [3.8, 4) is 0 Å². The van der Waals surface area contributed by atoms with E-state index in [-0.39, 0.29) is 17.9 Å². The van der Waals surface area contributed by atoms with E-state index in [0.29, 0.717) is 6.54 Å². The lowest BCUT2D eigenvalue weighted by Crippen LogP contribution is -2.42. The van der Waals surface area contributed by atoms with Crippen LogP contribution in [0.15, 0.2) is 0 Å². The molecule has 0 bridgehead atoms. The quantitative estimate of drug-likeness (QED) is 0.638. The van der Waals surface area contributed by atoms with Crippen molar-refractivity contribution in [2.24, 2.45) is 11.7 Å². The van der Waals surface area contributed by atoms with E-state index in [4.69, 9.17) is 5.73 Å². The monoisotopic (exact) mass is 201 g/mol. The van der Waals surface area contributed by atoms with Crippen LogP contribution in [0.3, 0.4) is 0 Å². The molecule has 84 valence electrons. The van der Waals surface area contributed by atoms with Crippen LogP contribution in [0.2, 0.25) is 0 Å². The number of rotatable bonds is 6. The number of carbonyl (C=O) groups is 1. The average molecular weight is 201 g/mol. The summed E-state index contributed by atoms with van der Waals surface area (Å²) in [5.74, 6) is 0.120.